The Bertz CT molecular complexity index is 575. The van der Waals surface area contributed by atoms with Gasteiger partial charge in [0.1, 0.15) is 11.4 Å². The average molecular weight is 273 g/mol. The molecular weight excluding hydrogens is 254 g/mol. The maximum Gasteiger partial charge on any atom is 0.270 e. The highest BCUT2D eigenvalue weighted by molar-refractivity contribution is 5.92. The summed E-state index contributed by atoms with van der Waals surface area (Å²) in [5.74, 6) is 0.689. The third kappa shape index (κ3) is 2.99. The van der Waals surface area contributed by atoms with E-state index in [-0.39, 0.29) is 11.9 Å². The summed E-state index contributed by atoms with van der Waals surface area (Å²) in [6, 6.07) is 7.71. The first-order valence-electron chi connectivity index (χ1n) is 6.56. The third-order valence-corrected chi connectivity index (χ3v) is 3.28. The molecule has 0 unspecified atom stereocenters. The highest BCUT2D eigenvalue weighted by Crippen LogP contribution is 2.20. The molecule has 5 heteroatoms. The van der Waals surface area contributed by atoms with Gasteiger partial charge in [-0.05, 0) is 24.1 Å². The molecule has 0 radical (unpaired) electrons. The van der Waals surface area contributed by atoms with Crippen molar-refractivity contribution in [2.75, 3.05) is 7.11 Å². The number of imidazole rings is 1. The molecule has 1 atom stereocenters. The summed E-state index contributed by atoms with van der Waals surface area (Å²) >= 11 is 0. The van der Waals surface area contributed by atoms with Crippen LogP contribution in [0.4, 0.5) is 0 Å². The van der Waals surface area contributed by atoms with E-state index in [2.05, 4.69) is 10.3 Å². The smallest absolute Gasteiger partial charge is 0.270 e. The minimum atomic E-state index is -0.118. The zero-order valence-corrected chi connectivity index (χ0v) is 12.0. The van der Waals surface area contributed by atoms with E-state index >= 15 is 0 Å². The second-order valence-electron chi connectivity index (χ2n) is 4.60. The number of nitrogens with one attached hydrogen (secondary N) is 1. The molecule has 0 fully saturated rings. The maximum atomic E-state index is 12.2. The Morgan fingerprint density at radius 1 is 1.40 bits per heavy atom. The first-order valence-corrected chi connectivity index (χ1v) is 6.56. The number of amides is 1. The summed E-state index contributed by atoms with van der Waals surface area (Å²) < 4.78 is 6.84. The molecule has 0 spiro atoms. The Kier molecular flexibility index (Phi) is 4.40. The predicted molar refractivity (Wildman–Crippen MR) is 76.7 cm³/mol. The van der Waals surface area contributed by atoms with Crippen LogP contribution in [0, 0.1) is 0 Å². The number of methoxy groups -OCH3 is 1. The molecule has 106 valence electrons. The molecule has 5 nitrogen and oxygen atoms in total. The number of nitrogens with zero attached hydrogens (tertiary/aromatic N) is 2. The van der Waals surface area contributed by atoms with Crippen molar-refractivity contribution in [2.45, 2.75) is 19.4 Å². The number of carbonyl (C=O) groups is 1. The van der Waals surface area contributed by atoms with Gasteiger partial charge in [0, 0.05) is 7.05 Å². The van der Waals surface area contributed by atoms with Crippen LogP contribution in [0.5, 0.6) is 5.75 Å². The van der Waals surface area contributed by atoms with Crippen LogP contribution in [0.25, 0.3) is 0 Å². The van der Waals surface area contributed by atoms with E-state index in [1.54, 1.807) is 31.2 Å². The van der Waals surface area contributed by atoms with Crippen molar-refractivity contribution < 1.29 is 9.53 Å². The van der Waals surface area contributed by atoms with Crippen LogP contribution >= 0.6 is 0 Å². The number of benzene rings is 1. The first-order chi connectivity index (χ1) is 9.65. The molecule has 1 heterocycles. The Morgan fingerprint density at radius 2 is 2.10 bits per heavy atom. The predicted octanol–water partition coefficient (Wildman–Crippen LogP) is 2.31. The Hall–Kier alpha value is -2.30. The molecular formula is C15H19N3O2. The lowest BCUT2D eigenvalue weighted by atomic mass is 10.0. The maximum absolute atomic E-state index is 12.2. The number of ether oxygens (including phenoxy) is 1. The summed E-state index contributed by atoms with van der Waals surface area (Å²) in [6.07, 6.45) is 4.00. The van der Waals surface area contributed by atoms with Gasteiger partial charge in [-0.2, -0.15) is 0 Å². The van der Waals surface area contributed by atoms with Crippen molar-refractivity contribution in [3.63, 3.8) is 0 Å². The van der Waals surface area contributed by atoms with E-state index in [0.717, 1.165) is 17.7 Å². The van der Waals surface area contributed by atoms with Gasteiger partial charge in [0.25, 0.3) is 5.91 Å². The number of hydrogen-bond acceptors (Lipinski definition) is 3. The number of aromatic nitrogens is 2. The van der Waals surface area contributed by atoms with Gasteiger partial charge in [0.05, 0.1) is 25.7 Å². The van der Waals surface area contributed by atoms with Gasteiger partial charge in [-0.25, -0.2) is 4.98 Å². The molecule has 0 aliphatic rings. The summed E-state index contributed by atoms with van der Waals surface area (Å²) in [4.78, 5) is 16.2. The molecule has 1 N–H and O–H groups in total. The molecule has 0 saturated carbocycles. The summed E-state index contributed by atoms with van der Waals surface area (Å²) in [5.41, 5.74) is 1.61. The molecule has 2 rings (SSSR count). The van der Waals surface area contributed by atoms with E-state index in [1.807, 2.05) is 31.2 Å². The normalized spacial score (nSPS) is 11.9. The Morgan fingerprint density at radius 3 is 2.60 bits per heavy atom. The van der Waals surface area contributed by atoms with Crippen molar-refractivity contribution in [1.29, 1.82) is 0 Å². The Labute approximate surface area is 118 Å². The molecule has 20 heavy (non-hydrogen) atoms. The topological polar surface area (TPSA) is 56.2 Å². The van der Waals surface area contributed by atoms with E-state index in [0.29, 0.717) is 5.69 Å². The van der Waals surface area contributed by atoms with Gasteiger partial charge in [-0.1, -0.05) is 19.1 Å². The van der Waals surface area contributed by atoms with E-state index < -0.39 is 0 Å². The fourth-order valence-electron chi connectivity index (χ4n) is 2.07. The van der Waals surface area contributed by atoms with Gasteiger partial charge in [-0.15, -0.1) is 0 Å². The van der Waals surface area contributed by atoms with Crippen molar-refractivity contribution in [1.82, 2.24) is 14.9 Å². The summed E-state index contributed by atoms with van der Waals surface area (Å²) in [6.45, 7) is 2.04. The standard InChI is InChI=1S/C15H19N3O2/c1-4-13(11-5-7-12(20-3)8-6-11)17-15(19)14-9-16-10-18(14)2/h5-10,13H,4H2,1-3H3,(H,17,19)/t13-/m0/s1. The number of hydrogen-bond donors (Lipinski definition) is 1. The zero-order valence-electron chi connectivity index (χ0n) is 12.0. The Balaban J connectivity index is 2.12. The molecule has 0 aliphatic heterocycles. The highest BCUT2D eigenvalue weighted by atomic mass is 16.5. The van der Waals surface area contributed by atoms with Gasteiger partial charge in [-0.3, -0.25) is 4.79 Å². The molecule has 0 bridgehead atoms. The minimum Gasteiger partial charge on any atom is -0.497 e. The van der Waals surface area contributed by atoms with E-state index in [1.165, 1.54) is 0 Å². The summed E-state index contributed by atoms with van der Waals surface area (Å²) in [7, 11) is 3.44. The van der Waals surface area contributed by atoms with Crippen molar-refractivity contribution in [3.8, 4) is 5.75 Å². The molecule has 1 amide bonds. The lowest BCUT2D eigenvalue weighted by Gasteiger charge is -2.17. The SMILES string of the molecule is CC[C@H](NC(=O)c1cncn1C)c1ccc(OC)cc1. The van der Waals surface area contributed by atoms with Crippen LogP contribution < -0.4 is 10.1 Å². The molecule has 1 aromatic carbocycles. The van der Waals surface area contributed by atoms with E-state index in [9.17, 15) is 4.79 Å². The van der Waals surface area contributed by atoms with Crippen molar-refractivity contribution in [3.05, 3.63) is 48.0 Å². The fraction of sp³-hybridized carbons (Fsp3) is 0.333. The molecule has 2 aromatic rings. The lowest BCUT2D eigenvalue weighted by molar-refractivity contribution is 0.0927. The van der Waals surface area contributed by atoms with Gasteiger partial charge < -0.3 is 14.6 Å². The van der Waals surface area contributed by atoms with Crippen LogP contribution in [-0.2, 0) is 7.05 Å². The van der Waals surface area contributed by atoms with Crippen LogP contribution in [0.1, 0.15) is 35.4 Å². The van der Waals surface area contributed by atoms with E-state index in [4.69, 9.17) is 4.74 Å². The zero-order chi connectivity index (χ0) is 14.5. The largest absolute Gasteiger partial charge is 0.497 e. The summed E-state index contributed by atoms with van der Waals surface area (Å²) in [5, 5.41) is 3.02. The number of rotatable bonds is 5. The van der Waals surface area contributed by atoms with Crippen LogP contribution in [0.15, 0.2) is 36.8 Å². The number of carbonyl (C=O) groups excluding carboxylic acids is 1. The second kappa shape index (κ2) is 6.23. The minimum absolute atomic E-state index is 0.0247. The van der Waals surface area contributed by atoms with Crippen molar-refractivity contribution in [2.24, 2.45) is 7.05 Å². The van der Waals surface area contributed by atoms with Crippen LogP contribution in [0.2, 0.25) is 0 Å². The van der Waals surface area contributed by atoms with Crippen LogP contribution in [0.3, 0.4) is 0 Å². The van der Waals surface area contributed by atoms with Gasteiger partial charge in [0.15, 0.2) is 0 Å². The van der Waals surface area contributed by atoms with Gasteiger partial charge in [0.2, 0.25) is 0 Å². The third-order valence-electron chi connectivity index (χ3n) is 3.28. The number of aryl methyl sites for hydroxylation is 1. The quantitative estimate of drug-likeness (QED) is 0.909. The molecule has 0 aliphatic carbocycles. The average Bonchev–Trinajstić information content (AvgIpc) is 2.91. The molecule has 0 saturated heterocycles. The molecule has 1 aromatic heterocycles. The van der Waals surface area contributed by atoms with Crippen molar-refractivity contribution >= 4 is 5.91 Å². The monoisotopic (exact) mass is 273 g/mol. The van der Waals surface area contributed by atoms with Gasteiger partial charge >= 0.3 is 0 Å². The van der Waals surface area contributed by atoms with Crippen LogP contribution in [-0.4, -0.2) is 22.6 Å². The first kappa shape index (κ1) is 14.1. The second-order valence-corrected chi connectivity index (χ2v) is 4.60. The lowest BCUT2D eigenvalue weighted by Crippen LogP contribution is -2.29. The highest BCUT2D eigenvalue weighted by Gasteiger charge is 2.16. The fourth-order valence-corrected chi connectivity index (χ4v) is 2.07.